The molecule has 0 saturated carbocycles. The van der Waals surface area contributed by atoms with Gasteiger partial charge in [-0.3, -0.25) is 0 Å². The van der Waals surface area contributed by atoms with Crippen molar-refractivity contribution >= 4 is 18.8 Å². The van der Waals surface area contributed by atoms with Crippen LogP contribution in [0.15, 0.2) is 45.6 Å². The zero-order valence-corrected chi connectivity index (χ0v) is 19.1. The minimum atomic E-state index is -0.338. The lowest BCUT2D eigenvalue weighted by molar-refractivity contribution is 0.170. The maximum absolute atomic E-state index is 11.6. The highest BCUT2D eigenvalue weighted by atomic mass is 16.5. The van der Waals surface area contributed by atoms with Gasteiger partial charge in [0.2, 0.25) is 0 Å². The van der Waals surface area contributed by atoms with E-state index in [-0.39, 0.29) is 21.8 Å². The fourth-order valence-corrected chi connectivity index (χ4v) is 4.67. The Morgan fingerprint density at radius 2 is 1.69 bits per heavy atom. The number of hydrogen-bond acceptors (Lipinski definition) is 3. The summed E-state index contributed by atoms with van der Waals surface area (Å²) in [5.74, 6) is 0.696. The molecule has 1 heterocycles. The van der Waals surface area contributed by atoms with E-state index in [2.05, 4.69) is 53.7 Å². The van der Waals surface area contributed by atoms with Gasteiger partial charge in [-0.15, -0.1) is 0 Å². The van der Waals surface area contributed by atoms with Gasteiger partial charge in [0.1, 0.15) is 17.9 Å². The highest BCUT2D eigenvalue weighted by Crippen LogP contribution is 2.44. The molecule has 29 heavy (non-hydrogen) atoms. The van der Waals surface area contributed by atoms with Gasteiger partial charge < -0.3 is 9.15 Å². The van der Waals surface area contributed by atoms with Crippen LogP contribution in [0.2, 0.25) is 5.31 Å². The van der Waals surface area contributed by atoms with Crippen molar-refractivity contribution in [2.75, 3.05) is 6.61 Å². The highest BCUT2D eigenvalue weighted by Gasteiger charge is 2.31. The summed E-state index contributed by atoms with van der Waals surface area (Å²) in [4.78, 5) is 11.6. The van der Waals surface area contributed by atoms with Crippen LogP contribution < -0.4 is 10.4 Å². The van der Waals surface area contributed by atoms with Gasteiger partial charge >= 0.3 is 5.63 Å². The molecule has 0 N–H and O–H groups in total. The molecule has 0 amide bonds. The first kappa shape index (κ1) is 23.3. The normalized spacial score (nSPS) is 13.3. The molecule has 2 radical (unpaired) electrons. The monoisotopic (exact) mass is 394 g/mol. The van der Waals surface area contributed by atoms with E-state index < -0.39 is 0 Å². The van der Waals surface area contributed by atoms with Crippen LogP contribution in [0, 0.1) is 17.8 Å². The zero-order chi connectivity index (χ0) is 21.9. The van der Waals surface area contributed by atoms with E-state index in [0.29, 0.717) is 17.9 Å². The summed E-state index contributed by atoms with van der Waals surface area (Å²) in [5, 5.41) is 0.776. The van der Waals surface area contributed by atoms with Gasteiger partial charge in [-0.25, -0.2) is 4.79 Å². The molecule has 0 aliphatic rings. The van der Waals surface area contributed by atoms with Crippen molar-refractivity contribution in [2.45, 2.75) is 73.0 Å². The molecule has 3 nitrogen and oxygen atoms in total. The molecule has 156 valence electrons. The molecule has 2 rings (SSSR count). The van der Waals surface area contributed by atoms with E-state index in [4.69, 9.17) is 17.0 Å². The molecule has 1 aromatic heterocycles. The summed E-state index contributed by atoms with van der Waals surface area (Å²) < 4.78 is 11.1. The molecule has 0 aliphatic carbocycles. The fourth-order valence-electron chi connectivity index (χ4n) is 4.67. The van der Waals surface area contributed by atoms with Crippen LogP contribution in [0.1, 0.15) is 66.4 Å². The topological polar surface area (TPSA) is 39.4 Å². The van der Waals surface area contributed by atoms with Crippen molar-refractivity contribution in [3.05, 3.63) is 52.4 Å². The maximum Gasteiger partial charge on any atom is 0.336 e. The Labute approximate surface area is 176 Å². The third-order valence-electron chi connectivity index (χ3n) is 5.00. The van der Waals surface area contributed by atoms with Crippen molar-refractivity contribution in [1.29, 1.82) is 0 Å². The Morgan fingerprint density at radius 1 is 1.00 bits per heavy atom. The van der Waals surface area contributed by atoms with E-state index in [9.17, 15) is 4.79 Å². The third kappa shape index (κ3) is 7.76. The van der Waals surface area contributed by atoms with Gasteiger partial charge in [-0.1, -0.05) is 65.4 Å². The average molecular weight is 394 g/mol. The molecule has 0 unspecified atom stereocenters. The van der Waals surface area contributed by atoms with Gasteiger partial charge in [0, 0.05) is 17.5 Å². The largest absolute Gasteiger partial charge is 0.489 e. The SMILES string of the molecule is [B]C(C)(C)CC(C)(C)CC(C)(C)C/C=C/COc1ccc2c(C)cc(=O)oc2c1. The van der Waals surface area contributed by atoms with Crippen LogP contribution in [0.4, 0.5) is 0 Å². The second-order valence-corrected chi connectivity index (χ2v) is 10.6. The second-order valence-electron chi connectivity index (χ2n) is 10.6. The standard InChI is InChI=1S/C25H35BO3/c1-18-14-22(27)29-21-15-19(10-11-20(18)21)28-13-9-8-12-23(2,3)16-24(4,5)17-25(6,7)26/h8-11,14-15H,12-13,16-17H2,1-7H3/b9-8+. The van der Waals surface area contributed by atoms with Gasteiger partial charge in [0.25, 0.3) is 0 Å². The number of aryl methyl sites for hydroxylation is 1. The van der Waals surface area contributed by atoms with Crippen LogP contribution in [-0.4, -0.2) is 14.5 Å². The molecule has 0 bridgehead atoms. The van der Waals surface area contributed by atoms with Crippen LogP contribution in [0.25, 0.3) is 11.0 Å². The minimum Gasteiger partial charge on any atom is -0.489 e. The summed E-state index contributed by atoms with van der Waals surface area (Å²) in [6, 6.07) is 7.11. The Kier molecular flexibility index (Phi) is 7.08. The summed E-state index contributed by atoms with van der Waals surface area (Å²) in [6.07, 6.45) is 7.33. The molecular formula is C25H35BO3. The van der Waals surface area contributed by atoms with E-state index in [1.807, 2.05) is 19.1 Å². The number of benzene rings is 1. The van der Waals surface area contributed by atoms with Crippen LogP contribution >= 0.6 is 0 Å². The summed E-state index contributed by atoms with van der Waals surface area (Å²) in [7, 11) is 6.23. The Morgan fingerprint density at radius 3 is 2.34 bits per heavy atom. The predicted octanol–water partition coefficient (Wildman–Crippen LogP) is 6.63. The first-order chi connectivity index (χ1) is 13.3. The van der Waals surface area contributed by atoms with Gasteiger partial charge in [0.05, 0.1) is 7.85 Å². The summed E-state index contributed by atoms with van der Waals surface area (Å²) >= 11 is 0. The van der Waals surface area contributed by atoms with Crippen molar-refractivity contribution in [1.82, 2.24) is 0 Å². The Balaban J connectivity index is 1.90. The molecular weight excluding hydrogens is 359 g/mol. The van der Waals surface area contributed by atoms with Gasteiger partial charge in [0.15, 0.2) is 0 Å². The first-order valence-electron chi connectivity index (χ1n) is 10.4. The molecule has 1 aromatic carbocycles. The first-order valence-corrected chi connectivity index (χ1v) is 10.4. The number of rotatable bonds is 9. The molecule has 0 spiro atoms. The number of hydrogen-bond donors (Lipinski definition) is 0. The smallest absolute Gasteiger partial charge is 0.336 e. The third-order valence-corrected chi connectivity index (χ3v) is 5.00. The van der Waals surface area contributed by atoms with E-state index in [1.165, 1.54) is 6.07 Å². The van der Waals surface area contributed by atoms with E-state index in [0.717, 1.165) is 30.2 Å². The lowest BCUT2D eigenvalue weighted by Crippen LogP contribution is -2.26. The lowest BCUT2D eigenvalue weighted by atomic mass is 9.60. The second kappa shape index (κ2) is 8.81. The molecule has 4 heteroatoms. The van der Waals surface area contributed by atoms with Crippen LogP contribution in [-0.2, 0) is 0 Å². The fraction of sp³-hybridized carbons (Fsp3) is 0.560. The van der Waals surface area contributed by atoms with Crippen molar-refractivity contribution < 1.29 is 9.15 Å². The summed E-state index contributed by atoms with van der Waals surface area (Å²) in [6.45, 7) is 15.8. The van der Waals surface area contributed by atoms with Gasteiger partial charge in [-0.2, -0.15) is 0 Å². The summed E-state index contributed by atoms with van der Waals surface area (Å²) in [5.41, 5.74) is 1.51. The Bertz CT molecular complexity index is 914. The van der Waals surface area contributed by atoms with Crippen molar-refractivity contribution in [3.8, 4) is 5.75 Å². The lowest BCUT2D eigenvalue weighted by Gasteiger charge is -2.38. The number of allylic oxidation sites excluding steroid dienone is 1. The molecule has 0 aliphatic heterocycles. The minimum absolute atomic E-state index is 0.152. The number of ether oxygens (including phenoxy) is 1. The van der Waals surface area contributed by atoms with Gasteiger partial charge in [-0.05, 0) is 48.3 Å². The van der Waals surface area contributed by atoms with Crippen molar-refractivity contribution in [2.24, 2.45) is 10.8 Å². The number of fused-ring (bicyclic) bond motifs is 1. The Hall–Kier alpha value is -1.97. The van der Waals surface area contributed by atoms with Crippen LogP contribution in [0.3, 0.4) is 0 Å². The molecule has 2 aromatic rings. The predicted molar refractivity (Wildman–Crippen MR) is 123 cm³/mol. The van der Waals surface area contributed by atoms with E-state index in [1.54, 1.807) is 6.07 Å². The molecule has 0 atom stereocenters. The van der Waals surface area contributed by atoms with Crippen molar-refractivity contribution in [3.63, 3.8) is 0 Å². The zero-order valence-electron chi connectivity index (χ0n) is 19.1. The maximum atomic E-state index is 11.6. The quantitative estimate of drug-likeness (QED) is 0.272. The van der Waals surface area contributed by atoms with Crippen LogP contribution in [0.5, 0.6) is 5.75 Å². The highest BCUT2D eigenvalue weighted by molar-refractivity contribution is 6.14. The average Bonchev–Trinajstić information content (AvgIpc) is 2.50. The van der Waals surface area contributed by atoms with E-state index >= 15 is 0 Å². The molecule has 0 fully saturated rings. The molecule has 0 saturated heterocycles.